The molecule has 0 saturated carbocycles. The van der Waals surface area contributed by atoms with Gasteiger partial charge >= 0.3 is 0 Å². The molecule has 0 unspecified atom stereocenters. The van der Waals surface area contributed by atoms with Crippen molar-refractivity contribution in [3.63, 3.8) is 0 Å². The second-order valence-electron chi connectivity index (χ2n) is 5.19. The van der Waals surface area contributed by atoms with E-state index in [-0.39, 0.29) is 5.82 Å². The summed E-state index contributed by atoms with van der Waals surface area (Å²) in [5.41, 5.74) is 1.02. The molecule has 5 heteroatoms. The monoisotopic (exact) mass is 352 g/mol. The summed E-state index contributed by atoms with van der Waals surface area (Å²) in [5.74, 6) is 1.52. The summed E-state index contributed by atoms with van der Waals surface area (Å²) in [6, 6.07) is 6.49. The first-order valence-electron chi connectivity index (χ1n) is 6.82. The minimum Gasteiger partial charge on any atom is -0.455 e. The minimum atomic E-state index is -0.313. The van der Waals surface area contributed by atoms with Crippen LogP contribution >= 0.6 is 15.9 Å². The third kappa shape index (κ3) is 4.79. The highest BCUT2D eigenvalue weighted by Crippen LogP contribution is 2.28. The summed E-state index contributed by atoms with van der Waals surface area (Å²) >= 11 is 3.15. The average Bonchev–Trinajstić information content (AvgIpc) is 2.44. The van der Waals surface area contributed by atoms with Gasteiger partial charge in [0, 0.05) is 18.3 Å². The highest BCUT2D eigenvalue weighted by atomic mass is 79.9. The second-order valence-corrected chi connectivity index (χ2v) is 6.04. The fraction of sp³-hybridized carbons (Fsp3) is 0.312. The molecule has 2 aromatic rings. The van der Waals surface area contributed by atoms with Crippen molar-refractivity contribution >= 4 is 15.9 Å². The first kappa shape index (κ1) is 15.9. The van der Waals surface area contributed by atoms with E-state index in [1.54, 1.807) is 24.5 Å². The summed E-state index contributed by atoms with van der Waals surface area (Å²) in [6.07, 6.45) is 3.41. The van der Waals surface area contributed by atoms with Gasteiger partial charge in [0.25, 0.3) is 0 Å². The Morgan fingerprint density at radius 1 is 1.33 bits per heavy atom. The number of aromatic nitrogens is 1. The topological polar surface area (TPSA) is 34.2 Å². The van der Waals surface area contributed by atoms with Crippen LogP contribution in [0.2, 0.25) is 0 Å². The summed E-state index contributed by atoms with van der Waals surface area (Å²) < 4.78 is 19.4. The molecule has 0 aliphatic rings. The fourth-order valence-electron chi connectivity index (χ4n) is 1.81. The van der Waals surface area contributed by atoms with Crippen LogP contribution in [0.4, 0.5) is 4.39 Å². The molecule has 0 bridgehead atoms. The molecule has 0 atom stereocenters. The maximum absolute atomic E-state index is 13.2. The Morgan fingerprint density at radius 2 is 2.14 bits per heavy atom. The van der Waals surface area contributed by atoms with Crippen LogP contribution in [-0.4, -0.2) is 11.5 Å². The van der Waals surface area contributed by atoms with Crippen molar-refractivity contribution in [2.24, 2.45) is 5.92 Å². The number of ether oxygens (including phenoxy) is 1. The molecule has 1 aromatic heterocycles. The Bertz CT molecular complexity index is 605. The molecule has 1 N–H and O–H groups in total. The highest BCUT2D eigenvalue weighted by molar-refractivity contribution is 9.10. The molecule has 1 heterocycles. The van der Waals surface area contributed by atoms with E-state index in [1.807, 2.05) is 6.07 Å². The average molecular weight is 353 g/mol. The smallest absolute Gasteiger partial charge is 0.150 e. The van der Waals surface area contributed by atoms with Crippen LogP contribution in [0.15, 0.2) is 41.1 Å². The zero-order valence-electron chi connectivity index (χ0n) is 12.1. The first-order valence-corrected chi connectivity index (χ1v) is 7.62. The molecule has 0 radical (unpaired) electrons. The van der Waals surface area contributed by atoms with Crippen LogP contribution in [0.1, 0.15) is 19.4 Å². The quantitative estimate of drug-likeness (QED) is 0.829. The lowest BCUT2D eigenvalue weighted by atomic mass is 10.2. The van der Waals surface area contributed by atoms with Gasteiger partial charge in [-0.05, 0) is 52.7 Å². The van der Waals surface area contributed by atoms with Crippen molar-refractivity contribution in [2.75, 3.05) is 6.54 Å². The third-order valence-corrected chi connectivity index (χ3v) is 3.46. The molecule has 0 saturated heterocycles. The van der Waals surface area contributed by atoms with Crippen molar-refractivity contribution in [2.45, 2.75) is 20.4 Å². The van der Waals surface area contributed by atoms with Crippen molar-refractivity contribution < 1.29 is 9.13 Å². The summed E-state index contributed by atoms with van der Waals surface area (Å²) in [7, 11) is 0. The highest BCUT2D eigenvalue weighted by Gasteiger charge is 2.07. The van der Waals surface area contributed by atoms with Crippen molar-refractivity contribution in [1.82, 2.24) is 10.3 Å². The standard InChI is InChI=1S/C16H18BrFN2O/c1-11(2)8-20-9-12-5-6-19-10-16(12)21-13-3-4-15(18)14(17)7-13/h3-7,10-11,20H,8-9H2,1-2H3. The molecule has 0 fully saturated rings. The lowest BCUT2D eigenvalue weighted by molar-refractivity contribution is 0.464. The van der Waals surface area contributed by atoms with Gasteiger partial charge in [0.1, 0.15) is 17.3 Å². The van der Waals surface area contributed by atoms with E-state index in [9.17, 15) is 4.39 Å². The number of rotatable bonds is 6. The molecule has 21 heavy (non-hydrogen) atoms. The van der Waals surface area contributed by atoms with Crippen LogP contribution in [-0.2, 0) is 6.54 Å². The Kier molecular flexibility index (Phi) is 5.70. The Morgan fingerprint density at radius 3 is 2.86 bits per heavy atom. The summed E-state index contributed by atoms with van der Waals surface area (Å²) in [4.78, 5) is 4.09. The van der Waals surface area contributed by atoms with Gasteiger partial charge in [-0.15, -0.1) is 0 Å². The van der Waals surface area contributed by atoms with Crippen LogP contribution in [0.25, 0.3) is 0 Å². The largest absolute Gasteiger partial charge is 0.455 e. The van der Waals surface area contributed by atoms with Gasteiger partial charge in [0.2, 0.25) is 0 Å². The number of hydrogen-bond acceptors (Lipinski definition) is 3. The van der Waals surface area contributed by atoms with E-state index < -0.39 is 0 Å². The van der Waals surface area contributed by atoms with Gasteiger partial charge in [-0.2, -0.15) is 0 Å². The van der Waals surface area contributed by atoms with Crippen molar-refractivity contribution in [1.29, 1.82) is 0 Å². The van der Waals surface area contributed by atoms with E-state index in [1.165, 1.54) is 6.07 Å². The maximum Gasteiger partial charge on any atom is 0.150 e. The molecule has 3 nitrogen and oxygen atoms in total. The third-order valence-electron chi connectivity index (χ3n) is 2.86. The van der Waals surface area contributed by atoms with Gasteiger partial charge in [0.05, 0.1) is 10.7 Å². The van der Waals surface area contributed by atoms with Crippen LogP contribution in [0.5, 0.6) is 11.5 Å². The van der Waals surface area contributed by atoms with Crippen molar-refractivity contribution in [3.8, 4) is 11.5 Å². The number of pyridine rings is 1. The summed E-state index contributed by atoms with van der Waals surface area (Å²) in [6.45, 7) is 5.96. The van der Waals surface area contributed by atoms with Gasteiger partial charge in [-0.3, -0.25) is 4.98 Å². The minimum absolute atomic E-state index is 0.313. The Hall–Kier alpha value is -1.46. The summed E-state index contributed by atoms with van der Waals surface area (Å²) in [5, 5.41) is 3.37. The number of nitrogens with zero attached hydrogens (tertiary/aromatic N) is 1. The van der Waals surface area contributed by atoms with E-state index in [0.717, 1.165) is 12.1 Å². The van der Waals surface area contributed by atoms with Crippen LogP contribution in [0.3, 0.4) is 0 Å². The number of halogens is 2. The molecule has 0 aliphatic carbocycles. The van der Waals surface area contributed by atoms with Crippen molar-refractivity contribution in [3.05, 3.63) is 52.5 Å². The predicted molar refractivity (Wildman–Crippen MR) is 85.0 cm³/mol. The number of benzene rings is 1. The lowest BCUT2D eigenvalue weighted by Gasteiger charge is -2.12. The van der Waals surface area contributed by atoms with E-state index in [0.29, 0.717) is 28.4 Å². The Balaban J connectivity index is 2.10. The SMILES string of the molecule is CC(C)CNCc1ccncc1Oc1ccc(F)c(Br)c1. The molecule has 0 spiro atoms. The molecule has 1 aromatic carbocycles. The van der Waals surface area contributed by atoms with Gasteiger partial charge in [-0.25, -0.2) is 4.39 Å². The zero-order valence-corrected chi connectivity index (χ0v) is 13.7. The predicted octanol–water partition coefficient (Wildman–Crippen LogP) is 4.52. The molecule has 0 amide bonds. The normalized spacial score (nSPS) is 10.9. The fourth-order valence-corrected chi connectivity index (χ4v) is 2.17. The van der Waals surface area contributed by atoms with Gasteiger partial charge in [-0.1, -0.05) is 13.8 Å². The molecular formula is C16H18BrFN2O. The number of nitrogens with one attached hydrogen (secondary N) is 1. The second kappa shape index (κ2) is 7.52. The van der Waals surface area contributed by atoms with Crippen LogP contribution < -0.4 is 10.1 Å². The van der Waals surface area contributed by atoms with Gasteiger partial charge < -0.3 is 10.1 Å². The van der Waals surface area contributed by atoms with E-state index in [2.05, 4.69) is 40.1 Å². The Labute approximate surface area is 132 Å². The number of hydrogen-bond donors (Lipinski definition) is 1. The molecular weight excluding hydrogens is 335 g/mol. The first-order chi connectivity index (χ1) is 10.1. The zero-order chi connectivity index (χ0) is 15.2. The van der Waals surface area contributed by atoms with Gasteiger partial charge in [0.15, 0.2) is 0 Å². The lowest BCUT2D eigenvalue weighted by Crippen LogP contribution is -2.19. The van der Waals surface area contributed by atoms with E-state index >= 15 is 0 Å². The molecule has 112 valence electrons. The molecule has 0 aliphatic heterocycles. The maximum atomic E-state index is 13.2. The van der Waals surface area contributed by atoms with E-state index in [4.69, 9.17) is 4.74 Å². The molecule has 2 rings (SSSR count). The van der Waals surface area contributed by atoms with Crippen LogP contribution in [0, 0.1) is 11.7 Å².